The fraction of sp³-hybridized carbons (Fsp3) is 0.158. The van der Waals surface area contributed by atoms with Crippen LogP contribution in [0.4, 0.5) is 0 Å². The van der Waals surface area contributed by atoms with Crippen molar-refractivity contribution < 1.29 is 35.4 Å². The molecule has 0 spiro atoms. The van der Waals surface area contributed by atoms with Gasteiger partial charge in [-0.2, -0.15) is 9.13 Å². The van der Waals surface area contributed by atoms with Crippen LogP contribution in [-0.4, -0.2) is 13.0 Å². The quantitative estimate of drug-likeness (QED) is 0.134. The molecule has 10 heteroatoms. The van der Waals surface area contributed by atoms with Crippen LogP contribution in [0.5, 0.6) is 0 Å². The van der Waals surface area contributed by atoms with Crippen molar-refractivity contribution in [2.75, 3.05) is 0 Å². The van der Waals surface area contributed by atoms with Crippen molar-refractivity contribution >= 4 is 86.6 Å². The van der Waals surface area contributed by atoms with Crippen molar-refractivity contribution in [3.05, 3.63) is 120 Å². The molecule has 4 aromatic heterocycles. The standard InChI is InChI=1S/C23H19NO5S.C15H12NOS/c1-15-24(12-11-23(30(25,26)27)16-7-3-2-4-8-16)19-13-18-17-9-5-6-10-20(17)29-21(18)14-22(19)28-15;1-9-16(2)12-7-11-10-5-3-4-6-13(10)17-14(11)8-15(12)18-9/h2-10,13-14,23H,11-12H2,1H3;3-8H,1-2H3/q;+1. The number of hydrogen-bond donors (Lipinski definition) is 0. The molecule has 240 valence electrons. The van der Waals surface area contributed by atoms with E-state index in [-0.39, 0.29) is 6.42 Å². The molecule has 0 bridgehead atoms. The second-order valence-corrected chi connectivity index (χ2v) is 14.8. The summed E-state index contributed by atoms with van der Waals surface area (Å²) in [5.41, 5.74) is 6.73. The summed E-state index contributed by atoms with van der Waals surface area (Å²) in [6.07, 6.45) is 0.153. The third kappa shape index (κ3) is 5.22. The van der Waals surface area contributed by atoms with Gasteiger partial charge in [-0.05, 0) is 17.7 Å². The predicted molar refractivity (Wildman–Crippen MR) is 187 cm³/mol. The topological polar surface area (TPSA) is 104 Å². The highest BCUT2D eigenvalue weighted by Gasteiger charge is 2.26. The number of fused-ring (bicyclic) bond motifs is 8. The van der Waals surface area contributed by atoms with Crippen molar-refractivity contribution in [1.29, 1.82) is 0 Å². The molecule has 0 aliphatic rings. The maximum atomic E-state index is 11.9. The Morgan fingerprint density at radius 2 is 1.27 bits per heavy atom. The Bertz CT molecular complexity index is 2750. The molecule has 0 fully saturated rings. The minimum Gasteiger partial charge on any atom is -0.747 e. The van der Waals surface area contributed by atoms with E-state index in [9.17, 15) is 13.0 Å². The van der Waals surface area contributed by atoms with Gasteiger partial charge in [0.05, 0.1) is 12.2 Å². The predicted octanol–water partition coefficient (Wildman–Crippen LogP) is 8.54. The molecule has 1 atom stereocenters. The van der Waals surface area contributed by atoms with E-state index in [0.29, 0.717) is 23.6 Å². The van der Waals surface area contributed by atoms with Crippen LogP contribution in [0.15, 0.2) is 116 Å². The van der Waals surface area contributed by atoms with E-state index in [4.69, 9.17) is 13.3 Å². The van der Waals surface area contributed by atoms with Crippen LogP contribution in [-0.2, 0) is 23.7 Å². The lowest BCUT2D eigenvalue weighted by atomic mass is 10.1. The summed E-state index contributed by atoms with van der Waals surface area (Å²) in [5, 5.41) is 4.55. The number of thiazole rings is 1. The van der Waals surface area contributed by atoms with Crippen LogP contribution < -0.4 is 9.13 Å². The summed E-state index contributed by atoms with van der Waals surface area (Å²) in [7, 11) is -2.39. The molecule has 48 heavy (non-hydrogen) atoms. The fourth-order valence-corrected chi connectivity index (χ4v) is 8.47. The van der Waals surface area contributed by atoms with Gasteiger partial charge >= 0.3 is 5.89 Å². The van der Waals surface area contributed by atoms with Gasteiger partial charge in [-0.1, -0.05) is 78.1 Å². The van der Waals surface area contributed by atoms with Crippen LogP contribution in [0.3, 0.4) is 0 Å². The van der Waals surface area contributed by atoms with E-state index in [0.717, 1.165) is 38.6 Å². The number of benzene rings is 5. The lowest BCUT2D eigenvalue weighted by Crippen LogP contribution is -2.36. The zero-order valence-corrected chi connectivity index (χ0v) is 28.1. The number of oxazole rings is 1. The summed E-state index contributed by atoms with van der Waals surface area (Å²) in [6, 6.07) is 32.9. The normalized spacial score (nSPS) is 12.8. The molecule has 5 aromatic carbocycles. The maximum absolute atomic E-state index is 11.9. The minimum atomic E-state index is -4.50. The molecule has 1 unspecified atom stereocenters. The Morgan fingerprint density at radius 3 is 1.92 bits per heavy atom. The molecule has 0 aliphatic carbocycles. The van der Waals surface area contributed by atoms with Crippen LogP contribution in [0.25, 0.3) is 65.2 Å². The van der Waals surface area contributed by atoms with Crippen molar-refractivity contribution in [1.82, 2.24) is 0 Å². The van der Waals surface area contributed by atoms with Crippen LogP contribution in [0.1, 0.15) is 28.1 Å². The first-order chi connectivity index (χ1) is 23.2. The highest BCUT2D eigenvalue weighted by atomic mass is 32.2. The van der Waals surface area contributed by atoms with E-state index in [2.05, 4.69) is 42.8 Å². The van der Waals surface area contributed by atoms with Crippen molar-refractivity contribution in [3.8, 4) is 0 Å². The SMILES string of the molecule is Cc1oc2cc3oc4ccccc4c3cc2[n+]1CCC(c1ccccc1)S(=O)(=O)[O-].Cc1sc2cc3oc4ccccc4c3cc2[n+]1C. The zero-order valence-electron chi connectivity index (χ0n) is 26.5. The van der Waals surface area contributed by atoms with E-state index in [1.807, 2.05) is 60.0 Å². The fourth-order valence-electron chi connectivity index (χ4n) is 6.57. The molecule has 0 aliphatic heterocycles. The number of nitrogens with zero attached hydrogens (tertiary/aromatic N) is 2. The maximum Gasteiger partial charge on any atom is 0.344 e. The number of aromatic nitrogens is 2. The van der Waals surface area contributed by atoms with Crippen molar-refractivity contribution in [2.45, 2.75) is 32.1 Å². The van der Waals surface area contributed by atoms with Gasteiger partial charge < -0.3 is 17.8 Å². The summed E-state index contributed by atoms with van der Waals surface area (Å²) in [4.78, 5) is 0. The van der Waals surface area contributed by atoms with Crippen LogP contribution in [0.2, 0.25) is 0 Å². The van der Waals surface area contributed by atoms with Gasteiger partial charge in [0.15, 0.2) is 6.54 Å². The largest absolute Gasteiger partial charge is 0.747 e. The van der Waals surface area contributed by atoms with Gasteiger partial charge in [0.1, 0.15) is 44.2 Å². The molecule has 0 saturated carbocycles. The van der Waals surface area contributed by atoms with Gasteiger partial charge in [0.25, 0.3) is 5.52 Å². The molecule has 8 nitrogen and oxygen atoms in total. The lowest BCUT2D eigenvalue weighted by Gasteiger charge is -2.19. The van der Waals surface area contributed by atoms with Crippen molar-refractivity contribution in [3.63, 3.8) is 0 Å². The number of furan rings is 2. The zero-order chi connectivity index (χ0) is 33.2. The van der Waals surface area contributed by atoms with Crippen molar-refractivity contribution in [2.24, 2.45) is 7.05 Å². The van der Waals surface area contributed by atoms with Gasteiger partial charge in [-0.3, -0.25) is 0 Å². The first-order valence-corrected chi connectivity index (χ1v) is 17.9. The first-order valence-electron chi connectivity index (χ1n) is 15.6. The summed E-state index contributed by atoms with van der Waals surface area (Å²) >= 11 is 1.81. The summed E-state index contributed by atoms with van der Waals surface area (Å²) in [5.74, 6) is 0.636. The number of hydrogen-bond acceptors (Lipinski definition) is 7. The second-order valence-electron chi connectivity index (χ2n) is 12.0. The Labute approximate surface area is 279 Å². The van der Waals surface area contributed by atoms with E-state index in [1.165, 1.54) is 26.0 Å². The molecule has 9 aromatic rings. The molecular weight excluding hydrogens is 645 g/mol. The van der Waals surface area contributed by atoms with E-state index >= 15 is 0 Å². The average molecular weight is 676 g/mol. The molecule has 0 radical (unpaired) electrons. The van der Waals surface area contributed by atoms with E-state index in [1.54, 1.807) is 41.7 Å². The summed E-state index contributed by atoms with van der Waals surface area (Å²) < 4.78 is 58.9. The monoisotopic (exact) mass is 675 g/mol. The van der Waals surface area contributed by atoms with Crippen LogP contribution in [0, 0.1) is 13.8 Å². The highest BCUT2D eigenvalue weighted by molar-refractivity contribution is 7.86. The Balaban J connectivity index is 0.000000158. The first kappa shape index (κ1) is 30.3. The molecule has 0 N–H and O–H groups in total. The molecule has 0 amide bonds. The molecule has 0 saturated heterocycles. The summed E-state index contributed by atoms with van der Waals surface area (Å²) in [6.45, 7) is 4.30. The highest BCUT2D eigenvalue weighted by Crippen LogP contribution is 2.34. The number of para-hydroxylation sites is 2. The third-order valence-corrected chi connectivity index (χ3v) is 11.4. The van der Waals surface area contributed by atoms with Gasteiger partial charge in [0, 0.05) is 59.2 Å². The molecule has 4 heterocycles. The average Bonchev–Trinajstić information content (AvgIpc) is 3.79. The minimum absolute atomic E-state index is 0.153. The Morgan fingerprint density at radius 1 is 0.688 bits per heavy atom. The van der Waals surface area contributed by atoms with E-state index < -0.39 is 15.4 Å². The lowest BCUT2D eigenvalue weighted by molar-refractivity contribution is -0.683. The second kappa shape index (κ2) is 11.6. The van der Waals surface area contributed by atoms with Gasteiger partial charge in [-0.25, -0.2) is 8.42 Å². The van der Waals surface area contributed by atoms with Gasteiger partial charge in [0.2, 0.25) is 16.1 Å². The Hall–Kier alpha value is -5.03. The van der Waals surface area contributed by atoms with Crippen LogP contribution >= 0.6 is 11.3 Å². The third-order valence-electron chi connectivity index (χ3n) is 9.07. The smallest absolute Gasteiger partial charge is 0.344 e. The molecular formula is C38H31N2O6S2+. The number of rotatable bonds is 5. The molecule has 9 rings (SSSR count). The Kier molecular flexibility index (Phi) is 7.32. The van der Waals surface area contributed by atoms with Gasteiger partial charge in [-0.15, -0.1) is 0 Å². The number of aryl methyl sites for hydroxylation is 4.